The number of hydrogen-bond acceptors (Lipinski definition) is 3. The average Bonchev–Trinajstić information content (AvgIpc) is 2.71. The number of hydrogen-bond donors (Lipinski definition) is 0. The maximum Gasteiger partial charge on any atom is 0.256 e. The van der Waals surface area contributed by atoms with E-state index in [9.17, 15) is 4.79 Å². The minimum atomic E-state index is -0.496. The molecule has 0 bridgehead atoms. The molecule has 1 atom stereocenters. The molecule has 0 aromatic heterocycles. The van der Waals surface area contributed by atoms with E-state index in [0.29, 0.717) is 24.5 Å². The standard InChI is InChI=1S/C11H11ClO3/c12-11(13)9-3-1-2-4-10(9)15-8-5-6-14-7-8/h1-4,8H,5-7H2/t8-/m1/s1. The topological polar surface area (TPSA) is 35.5 Å². The van der Waals surface area contributed by atoms with E-state index >= 15 is 0 Å². The molecule has 0 radical (unpaired) electrons. The van der Waals surface area contributed by atoms with Crippen LogP contribution in [0.15, 0.2) is 24.3 Å². The number of para-hydroxylation sites is 1. The van der Waals surface area contributed by atoms with Gasteiger partial charge in [-0.2, -0.15) is 0 Å². The summed E-state index contributed by atoms with van der Waals surface area (Å²) in [5.74, 6) is 0.535. The first kappa shape index (κ1) is 10.5. The Labute approximate surface area is 92.9 Å². The minimum Gasteiger partial charge on any atom is -0.487 e. The van der Waals surface area contributed by atoms with Crippen LogP contribution in [0.5, 0.6) is 5.75 Å². The Morgan fingerprint density at radius 1 is 1.47 bits per heavy atom. The van der Waals surface area contributed by atoms with Gasteiger partial charge in [0, 0.05) is 6.42 Å². The first-order valence-electron chi connectivity index (χ1n) is 4.80. The van der Waals surface area contributed by atoms with Crippen LogP contribution >= 0.6 is 11.6 Å². The number of halogens is 1. The molecule has 0 spiro atoms. The van der Waals surface area contributed by atoms with Crippen LogP contribution in [0.2, 0.25) is 0 Å². The smallest absolute Gasteiger partial charge is 0.256 e. The summed E-state index contributed by atoms with van der Waals surface area (Å²) in [6, 6.07) is 6.97. The van der Waals surface area contributed by atoms with Crippen LogP contribution in [0.3, 0.4) is 0 Å². The zero-order valence-corrected chi connectivity index (χ0v) is 8.87. The highest BCUT2D eigenvalue weighted by molar-refractivity contribution is 6.68. The van der Waals surface area contributed by atoms with E-state index in [1.165, 1.54) is 0 Å². The van der Waals surface area contributed by atoms with Crippen molar-refractivity contribution in [2.75, 3.05) is 13.2 Å². The number of carbonyl (C=O) groups is 1. The molecule has 80 valence electrons. The maximum atomic E-state index is 11.1. The third-order valence-electron chi connectivity index (χ3n) is 2.28. The lowest BCUT2D eigenvalue weighted by Gasteiger charge is -2.13. The molecule has 1 aliphatic rings. The number of rotatable bonds is 3. The van der Waals surface area contributed by atoms with Gasteiger partial charge in [-0.05, 0) is 23.7 Å². The highest BCUT2D eigenvalue weighted by Gasteiger charge is 2.19. The molecule has 0 saturated carbocycles. The Kier molecular flexibility index (Phi) is 3.23. The van der Waals surface area contributed by atoms with Gasteiger partial charge in [0.2, 0.25) is 0 Å². The predicted octanol–water partition coefficient (Wildman–Crippen LogP) is 2.23. The lowest BCUT2D eigenvalue weighted by Crippen LogP contribution is -2.16. The first-order chi connectivity index (χ1) is 7.27. The van der Waals surface area contributed by atoms with E-state index in [2.05, 4.69) is 0 Å². The van der Waals surface area contributed by atoms with Crippen LogP contribution in [0.1, 0.15) is 16.8 Å². The van der Waals surface area contributed by atoms with Crippen molar-refractivity contribution < 1.29 is 14.3 Å². The van der Waals surface area contributed by atoms with E-state index in [-0.39, 0.29) is 6.10 Å². The predicted molar refractivity (Wildman–Crippen MR) is 56.5 cm³/mol. The molecule has 0 aliphatic carbocycles. The molecule has 0 amide bonds. The maximum absolute atomic E-state index is 11.1. The summed E-state index contributed by atoms with van der Waals surface area (Å²) in [5.41, 5.74) is 0.408. The van der Waals surface area contributed by atoms with E-state index in [0.717, 1.165) is 6.42 Å². The molecule has 1 fully saturated rings. The summed E-state index contributed by atoms with van der Waals surface area (Å²) in [5, 5.41) is -0.496. The Morgan fingerprint density at radius 2 is 2.27 bits per heavy atom. The summed E-state index contributed by atoms with van der Waals surface area (Å²) in [6.07, 6.45) is 0.882. The van der Waals surface area contributed by atoms with Crippen molar-refractivity contribution in [3.8, 4) is 5.75 Å². The fourth-order valence-corrected chi connectivity index (χ4v) is 1.67. The highest BCUT2D eigenvalue weighted by atomic mass is 35.5. The molecule has 0 N–H and O–H groups in total. The van der Waals surface area contributed by atoms with Crippen LogP contribution < -0.4 is 4.74 Å². The zero-order valence-electron chi connectivity index (χ0n) is 8.11. The molecule has 1 heterocycles. The molecule has 4 heteroatoms. The van der Waals surface area contributed by atoms with Crippen molar-refractivity contribution in [3.63, 3.8) is 0 Å². The molecule has 15 heavy (non-hydrogen) atoms. The monoisotopic (exact) mass is 226 g/mol. The molecule has 1 saturated heterocycles. The fourth-order valence-electron chi connectivity index (χ4n) is 1.52. The molecule has 1 aromatic rings. The second kappa shape index (κ2) is 4.64. The Balaban J connectivity index is 2.15. The van der Waals surface area contributed by atoms with Gasteiger partial charge in [-0.1, -0.05) is 12.1 Å². The average molecular weight is 227 g/mol. The second-order valence-corrected chi connectivity index (χ2v) is 3.72. The summed E-state index contributed by atoms with van der Waals surface area (Å²) in [6.45, 7) is 1.28. The first-order valence-corrected chi connectivity index (χ1v) is 5.18. The second-order valence-electron chi connectivity index (χ2n) is 3.37. The lowest BCUT2D eigenvalue weighted by molar-refractivity contribution is 0.106. The van der Waals surface area contributed by atoms with Crippen molar-refractivity contribution in [2.45, 2.75) is 12.5 Å². The van der Waals surface area contributed by atoms with Gasteiger partial charge in [-0.3, -0.25) is 4.79 Å². The van der Waals surface area contributed by atoms with Gasteiger partial charge in [0.15, 0.2) is 0 Å². The van der Waals surface area contributed by atoms with E-state index in [4.69, 9.17) is 21.1 Å². The molecule has 3 nitrogen and oxygen atoms in total. The number of benzene rings is 1. The van der Waals surface area contributed by atoms with E-state index < -0.39 is 5.24 Å². The molecule has 2 rings (SSSR count). The van der Waals surface area contributed by atoms with Crippen LogP contribution in [-0.4, -0.2) is 24.6 Å². The van der Waals surface area contributed by atoms with Crippen molar-refractivity contribution in [1.82, 2.24) is 0 Å². The molecular weight excluding hydrogens is 216 g/mol. The van der Waals surface area contributed by atoms with Gasteiger partial charge in [0.1, 0.15) is 11.9 Å². The van der Waals surface area contributed by atoms with E-state index in [1.807, 2.05) is 6.07 Å². The van der Waals surface area contributed by atoms with Gasteiger partial charge in [0.05, 0.1) is 18.8 Å². The SMILES string of the molecule is O=C(Cl)c1ccccc1O[C@@H]1CCOC1. The summed E-state index contributed by atoms with van der Waals surface area (Å²) in [7, 11) is 0. The fraction of sp³-hybridized carbons (Fsp3) is 0.364. The molecular formula is C11H11ClO3. The normalized spacial score (nSPS) is 20.2. The highest BCUT2D eigenvalue weighted by Crippen LogP contribution is 2.23. The lowest BCUT2D eigenvalue weighted by atomic mass is 10.2. The van der Waals surface area contributed by atoms with Crippen LogP contribution in [0.25, 0.3) is 0 Å². The summed E-state index contributed by atoms with van der Waals surface area (Å²) in [4.78, 5) is 11.1. The van der Waals surface area contributed by atoms with Gasteiger partial charge in [-0.15, -0.1) is 0 Å². The molecule has 0 unspecified atom stereocenters. The van der Waals surface area contributed by atoms with Gasteiger partial charge in [0.25, 0.3) is 5.24 Å². The van der Waals surface area contributed by atoms with E-state index in [1.54, 1.807) is 18.2 Å². The molecule has 1 aromatic carbocycles. The molecule has 1 aliphatic heterocycles. The van der Waals surface area contributed by atoms with Crippen molar-refractivity contribution in [2.24, 2.45) is 0 Å². The van der Waals surface area contributed by atoms with Crippen molar-refractivity contribution in [1.29, 1.82) is 0 Å². The largest absolute Gasteiger partial charge is 0.487 e. The Morgan fingerprint density at radius 3 is 2.93 bits per heavy atom. The third-order valence-corrected chi connectivity index (χ3v) is 2.48. The number of ether oxygens (including phenoxy) is 2. The number of carbonyl (C=O) groups excluding carboxylic acids is 1. The van der Waals surface area contributed by atoms with Crippen molar-refractivity contribution in [3.05, 3.63) is 29.8 Å². The van der Waals surface area contributed by atoms with Gasteiger partial charge >= 0.3 is 0 Å². The van der Waals surface area contributed by atoms with Gasteiger partial charge < -0.3 is 9.47 Å². The Hall–Kier alpha value is -1.06. The van der Waals surface area contributed by atoms with Crippen molar-refractivity contribution >= 4 is 16.8 Å². The summed E-state index contributed by atoms with van der Waals surface area (Å²) < 4.78 is 10.8. The van der Waals surface area contributed by atoms with Crippen LogP contribution in [0, 0.1) is 0 Å². The van der Waals surface area contributed by atoms with Gasteiger partial charge in [-0.25, -0.2) is 0 Å². The quantitative estimate of drug-likeness (QED) is 0.742. The summed E-state index contributed by atoms with van der Waals surface area (Å²) >= 11 is 5.44. The Bertz CT molecular complexity index is 359. The van der Waals surface area contributed by atoms with Crippen LogP contribution in [0.4, 0.5) is 0 Å². The van der Waals surface area contributed by atoms with Crippen LogP contribution in [-0.2, 0) is 4.74 Å². The zero-order chi connectivity index (χ0) is 10.7. The minimum absolute atomic E-state index is 0.0298. The third kappa shape index (κ3) is 2.49.